The lowest BCUT2D eigenvalue weighted by Gasteiger charge is -2.24. The van der Waals surface area contributed by atoms with Gasteiger partial charge in [0.15, 0.2) is 5.05 Å². The first-order chi connectivity index (χ1) is 11.9. The van der Waals surface area contributed by atoms with Gasteiger partial charge in [-0.1, -0.05) is 13.8 Å². The molecule has 25 heavy (non-hydrogen) atoms. The molecule has 7 heteroatoms. The van der Waals surface area contributed by atoms with Gasteiger partial charge < -0.3 is 14.5 Å². The van der Waals surface area contributed by atoms with Crippen molar-refractivity contribution in [2.24, 2.45) is 17.8 Å². The number of piperidine rings is 1. The molecule has 0 aromatic carbocycles. The SMILES string of the molecule is CC(C)C(CC(=S)OCc1ccco1)C(=O)CC1CCNC(=O)C1=O. The molecule has 6 nitrogen and oxygen atoms in total. The Balaban J connectivity index is 1.90. The van der Waals surface area contributed by atoms with Crippen LogP contribution in [0.25, 0.3) is 0 Å². The molecular weight excluding hydrogens is 342 g/mol. The highest BCUT2D eigenvalue weighted by Crippen LogP contribution is 2.24. The van der Waals surface area contributed by atoms with E-state index < -0.39 is 17.6 Å². The molecule has 136 valence electrons. The molecule has 1 aromatic rings. The molecule has 2 atom stereocenters. The number of hydrogen-bond donors (Lipinski definition) is 1. The summed E-state index contributed by atoms with van der Waals surface area (Å²) in [5, 5.41) is 2.84. The molecule has 1 aliphatic rings. The lowest BCUT2D eigenvalue weighted by atomic mass is 9.82. The highest BCUT2D eigenvalue weighted by Gasteiger charge is 2.34. The number of nitrogens with one attached hydrogen (secondary N) is 1. The van der Waals surface area contributed by atoms with Crippen LogP contribution in [0.15, 0.2) is 22.8 Å². The molecule has 1 amide bonds. The quantitative estimate of drug-likeness (QED) is 0.563. The summed E-state index contributed by atoms with van der Waals surface area (Å²) in [6.07, 6.45) is 2.45. The Hall–Kier alpha value is -2.02. The topological polar surface area (TPSA) is 85.6 Å². The van der Waals surface area contributed by atoms with Crippen molar-refractivity contribution >= 4 is 34.7 Å². The molecule has 2 heterocycles. The second-order valence-electron chi connectivity index (χ2n) is 6.57. The first-order valence-electron chi connectivity index (χ1n) is 8.41. The van der Waals surface area contributed by atoms with Gasteiger partial charge in [0, 0.05) is 31.2 Å². The predicted octanol–water partition coefficient (Wildman–Crippen LogP) is 2.45. The van der Waals surface area contributed by atoms with Crippen molar-refractivity contribution in [1.82, 2.24) is 5.32 Å². The summed E-state index contributed by atoms with van der Waals surface area (Å²) < 4.78 is 10.7. The molecular formula is C18H23NO5S. The Bertz CT molecular complexity index is 638. The molecule has 2 unspecified atom stereocenters. The number of ketones is 2. The van der Waals surface area contributed by atoms with Crippen molar-refractivity contribution in [1.29, 1.82) is 0 Å². The van der Waals surface area contributed by atoms with Crippen LogP contribution in [0, 0.1) is 17.8 Å². The maximum Gasteiger partial charge on any atom is 0.287 e. The minimum atomic E-state index is -0.595. The molecule has 1 N–H and O–H groups in total. The van der Waals surface area contributed by atoms with Crippen LogP contribution in [0.2, 0.25) is 0 Å². The lowest BCUT2D eigenvalue weighted by Crippen LogP contribution is -2.43. The maximum atomic E-state index is 12.7. The fraction of sp³-hybridized carbons (Fsp3) is 0.556. The summed E-state index contributed by atoms with van der Waals surface area (Å²) in [7, 11) is 0. The molecule has 1 aliphatic heterocycles. The van der Waals surface area contributed by atoms with Crippen molar-refractivity contribution in [3.63, 3.8) is 0 Å². The first kappa shape index (κ1) is 19.3. The van der Waals surface area contributed by atoms with Gasteiger partial charge in [-0.3, -0.25) is 14.4 Å². The average molecular weight is 365 g/mol. The van der Waals surface area contributed by atoms with Gasteiger partial charge in [-0.25, -0.2) is 0 Å². The molecule has 0 spiro atoms. The number of carbonyl (C=O) groups is 3. The van der Waals surface area contributed by atoms with E-state index in [0.717, 1.165) is 0 Å². The Kier molecular flexibility index (Phi) is 6.87. The standard InChI is InChI=1S/C18H23NO5S/c1-11(2)14(9-16(25)24-10-13-4-3-7-23-13)15(20)8-12-5-6-19-18(22)17(12)21/h3-4,7,11-12,14H,5-6,8-10H2,1-2H3,(H,19,22). The second kappa shape index (κ2) is 8.89. The maximum absolute atomic E-state index is 12.7. The minimum absolute atomic E-state index is 0.0491. The van der Waals surface area contributed by atoms with Gasteiger partial charge in [-0.15, -0.1) is 0 Å². The van der Waals surface area contributed by atoms with Crippen molar-refractivity contribution < 1.29 is 23.5 Å². The van der Waals surface area contributed by atoms with Crippen molar-refractivity contribution in [2.75, 3.05) is 6.54 Å². The van der Waals surface area contributed by atoms with Crippen LogP contribution in [-0.2, 0) is 25.7 Å². The van der Waals surface area contributed by atoms with Gasteiger partial charge in [0.1, 0.15) is 18.2 Å². The lowest BCUT2D eigenvalue weighted by molar-refractivity contribution is -0.143. The third-order valence-corrected chi connectivity index (χ3v) is 4.67. The minimum Gasteiger partial charge on any atom is -0.479 e. The van der Waals surface area contributed by atoms with Crippen LogP contribution in [0.4, 0.5) is 0 Å². The Morgan fingerprint density at radius 3 is 2.84 bits per heavy atom. The van der Waals surface area contributed by atoms with E-state index in [1.807, 2.05) is 13.8 Å². The summed E-state index contributed by atoms with van der Waals surface area (Å²) in [6.45, 7) is 4.53. The van der Waals surface area contributed by atoms with E-state index in [9.17, 15) is 14.4 Å². The zero-order valence-electron chi connectivity index (χ0n) is 14.4. The third kappa shape index (κ3) is 5.49. The summed E-state index contributed by atoms with van der Waals surface area (Å²) in [6, 6.07) is 3.55. The van der Waals surface area contributed by atoms with Crippen molar-refractivity contribution in [3.05, 3.63) is 24.2 Å². The van der Waals surface area contributed by atoms with Gasteiger partial charge in [0.2, 0.25) is 5.78 Å². The highest BCUT2D eigenvalue weighted by molar-refractivity contribution is 7.80. The van der Waals surface area contributed by atoms with Crippen LogP contribution in [0.5, 0.6) is 0 Å². The number of rotatable bonds is 8. The largest absolute Gasteiger partial charge is 0.479 e. The van der Waals surface area contributed by atoms with Gasteiger partial charge in [0.25, 0.3) is 5.91 Å². The van der Waals surface area contributed by atoms with Crippen molar-refractivity contribution in [2.45, 2.75) is 39.7 Å². The van der Waals surface area contributed by atoms with Gasteiger partial charge in [0.05, 0.1) is 6.26 Å². The van der Waals surface area contributed by atoms with Crippen LogP contribution in [0.1, 0.15) is 38.9 Å². The fourth-order valence-electron chi connectivity index (χ4n) is 2.86. The number of thiocarbonyl (C=S) groups is 1. The smallest absolute Gasteiger partial charge is 0.287 e. The Labute approximate surface area is 152 Å². The molecule has 1 aromatic heterocycles. The monoisotopic (exact) mass is 365 g/mol. The summed E-state index contributed by atoms with van der Waals surface area (Å²) in [5.41, 5.74) is 0. The molecule has 0 bridgehead atoms. The van der Waals surface area contributed by atoms with E-state index >= 15 is 0 Å². The van der Waals surface area contributed by atoms with E-state index in [-0.39, 0.29) is 30.6 Å². The molecule has 0 aliphatic carbocycles. The second-order valence-corrected chi connectivity index (χ2v) is 7.03. The van der Waals surface area contributed by atoms with E-state index in [4.69, 9.17) is 21.4 Å². The first-order valence-corrected chi connectivity index (χ1v) is 8.82. The van der Waals surface area contributed by atoms with Crippen LogP contribution < -0.4 is 5.32 Å². The summed E-state index contributed by atoms with van der Waals surface area (Å²) in [4.78, 5) is 36.0. The summed E-state index contributed by atoms with van der Waals surface area (Å²) in [5.74, 6) is -1.28. The number of amides is 1. The molecule has 2 rings (SSSR count). The zero-order chi connectivity index (χ0) is 18.4. The number of furan rings is 1. The van der Waals surface area contributed by atoms with E-state index in [0.29, 0.717) is 30.2 Å². The highest BCUT2D eigenvalue weighted by atomic mass is 32.1. The number of ether oxygens (including phenoxy) is 1. The normalized spacial score (nSPS) is 18.8. The Morgan fingerprint density at radius 1 is 1.44 bits per heavy atom. The van der Waals surface area contributed by atoms with Gasteiger partial charge in [-0.05, 0) is 36.7 Å². The van der Waals surface area contributed by atoms with E-state index in [1.165, 1.54) is 0 Å². The van der Waals surface area contributed by atoms with Gasteiger partial charge in [-0.2, -0.15) is 0 Å². The number of Topliss-reactive ketones (excluding diaryl/α,β-unsaturated/α-hetero) is 2. The van der Waals surface area contributed by atoms with Crippen LogP contribution in [-0.4, -0.2) is 29.1 Å². The van der Waals surface area contributed by atoms with Gasteiger partial charge >= 0.3 is 0 Å². The predicted molar refractivity (Wildman–Crippen MR) is 94.8 cm³/mol. The van der Waals surface area contributed by atoms with E-state index in [1.54, 1.807) is 18.4 Å². The Morgan fingerprint density at radius 2 is 2.20 bits per heavy atom. The summed E-state index contributed by atoms with van der Waals surface area (Å²) >= 11 is 5.24. The zero-order valence-corrected chi connectivity index (χ0v) is 15.3. The molecule has 1 saturated heterocycles. The van der Waals surface area contributed by atoms with E-state index in [2.05, 4.69) is 5.32 Å². The van der Waals surface area contributed by atoms with Crippen LogP contribution >= 0.6 is 12.2 Å². The molecule has 0 saturated carbocycles. The number of hydrogen-bond acceptors (Lipinski definition) is 6. The van der Waals surface area contributed by atoms with Crippen molar-refractivity contribution in [3.8, 4) is 0 Å². The molecule has 1 fully saturated rings. The number of carbonyl (C=O) groups excluding carboxylic acids is 3. The third-order valence-electron chi connectivity index (χ3n) is 4.38. The fourth-order valence-corrected chi connectivity index (χ4v) is 3.10. The average Bonchev–Trinajstić information content (AvgIpc) is 3.08. The molecule has 0 radical (unpaired) electrons. The van der Waals surface area contributed by atoms with Crippen LogP contribution in [0.3, 0.4) is 0 Å².